The van der Waals surface area contributed by atoms with E-state index in [1.165, 1.54) is 6.92 Å². The maximum absolute atomic E-state index is 15.8. The molecule has 1 atom stereocenters. The summed E-state index contributed by atoms with van der Waals surface area (Å²) in [6.07, 6.45) is -5.69. The third kappa shape index (κ3) is 6.45. The molecule has 0 aliphatic carbocycles. The van der Waals surface area contributed by atoms with Crippen LogP contribution in [-0.4, -0.2) is 19.3 Å². The minimum absolute atomic E-state index is 0.107. The van der Waals surface area contributed by atoms with Crippen LogP contribution in [0.5, 0.6) is 0 Å². The molecule has 0 saturated carbocycles. The Balaban J connectivity index is 2.00. The zero-order chi connectivity index (χ0) is 39.6. The van der Waals surface area contributed by atoms with Gasteiger partial charge in [-0.25, -0.2) is 43.9 Å². The van der Waals surface area contributed by atoms with Crippen molar-refractivity contribution in [3.63, 3.8) is 0 Å². The molecule has 0 N–H and O–H groups in total. The van der Waals surface area contributed by atoms with Crippen molar-refractivity contribution in [1.82, 2.24) is 0 Å². The molecule has 0 spiro atoms. The van der Waals surface area contributed by atoms with E-state index in [0.717, 1.165) is 51.1 Å². The number of hydrogen-bond donors (Lipinski definition) is 0. The zero-order valence-corrected chi connectivity index (χ0v) is 30.9. The van der Waals surface area contributed by atoms with E-state index in [1.54, 1.807) is 5.80 Å². The van der Waals surface area contributed by atoms with Gasteiger partial charge in [-0.15, -0.1) is 6.32 Å². The molecule has 1 aliphatic heterocycles. The summed E-state index contributed by atoms with van der Waals surface area (Å²) in [5, 5.41) is 1.79. The van der Waals surface area contributed by atoms with Crippen molar-refractivity contribution in [3.8, 4) is 0 Å². The van der Waals surface area contributed by atoms with Gasteiger partial charge in [0.25, 0.3) is 0 Å². The summed E-state index contributed by atoms with van der Waals surface area (Å²) < 4.78 is 163. The number of halogens is 10. The van der Waals surface area contributed by atoms with Crippen molar-refractivity contribution in [3.05, 3.63) is 139 Å². The number of methoxy groups -OCH3 is 1. The highest BCUT2D eigenvalue weighted by atomic mass is 31.1. The van der Waals surface area contributed by atoms with Crippen LogP contribution < -0.4 is 21.5 Å². The van der Waals surface area contributed by atoms with E-state index in [4.69, 9.17) is 9.39 Å². The van der Waals surface area contributed by atoms with Crippen LogP contribution in [0.2, 0.25) is 6.32 Å². The van der Waals surface area contributed by atoms with Crippen molar-refractivity contribution < 1.29 is 53.3 Å². The first-order chi connectivity index (χ1) is 24.7. The third-order valence-electron chi connectivity index (χ3n) is 9.71. The van der Waals surface area contributed by atoms with Gasteiger partial charge in [0.1, 0.15) is 29.1 Å². The minimum atomic E-state index is -4.61. The van der Waals surface area contributed by atoms with Gasteiger partial charge in [-0.1, -0.05) is 58.5 Å². The first-order valence-corrected chi connectivity index (χ1v) is 17.7. The van der Waals surface area contributed by atoms with Gasteiger partial charge >= 0.3 is 0 Å². The Morgan fingerprint density at radius 3 is 1.26 bits per heavy atom. The van der Waals surface area contributed by atoms with Crippen molar-refractivity contribution >= 4 is 41.2 Å². The van der Waals surface area contributed by atoms with E-state index >= 15 is 17.6 Å². The molecule has 1 heterocycles. The SMILES string of the molecule is C=C(C)C1C[B-](c2c(F)c(F)c(F)c(F)c2F)(c2c(F)c(F)c(F)c(F)c2F)OC(OC)=C1C=[P+](c1c(C)cc(C)cc1C)c1c(C)cc(C)cc1C. The molecule has 14 heteroatoms. The Labute approximate surface area is 301 Å². The molecule has 4 aromatic carbocycles. The van der Waals surface area contributed by atoms with Gasteiger partial charge in [-0.05, 0) is 76.6 Å². The van der Waals surface area contributed by atoms with Crippen LogP contribution in [0.25, 0.3) is 0 Å². The second kappa shape index (κ2) is 14.4. The molecule has 5 rings (SSSR count). The van der Waals surface area contributed by atoms with E-state index in [-0.39, 0.29) is 11.1 Å². The van der Waals surface area contributed by atoms with E-state index in [2.05, 4.69) is 6.58 Å². The Bertz CT molecular complexity index is 2070. The summed E-state index contributed by atoms with van der Waals surface area (Å²) in [5.74, 6) is -26.0. The fourth-order valence-electron chi connectivity index (χ4n) is 7.72. The van der Waals surface area contributed by atoms with E-state index in [0.29, 0.717) is 0 Å². The van der Waals surface area contributed by atoms with Crippen molar-refractivity contribution in [2.24, 2.45) is 5.92 Å². The van der Waals surface area contributed by atoms with Crippen LogP contribution in [0.15, 0.2) is 47.9 Å². The molecule has 1 unspecified atom stereocenters. The smallest absolute Gasteiger partial charge is 0.237 e. The van der Waals surface area contributed by atoms with E-state index < -0.39 is 101 Å². The molecule has 0 radical (unpaired) electrons. The molecule has 0 aromatic heterocycles. The summed E-state index contributed by atoms with van der Waals surface area (Å²) in [4.78, 5) is 0. The Hall–Kier alpha value is -4.51. The van der Waals surface area contributed by atoms with Crippen molar-refractivity contribution in [2.75, 3.05) is 7.11 Å². The molecular weight excluding hydrogens is 732 g/mol. The first-order valence-electron chi connectivity index (χ1n) is 16.3. The van der Waals surface area contributed by atoms with Gasteiger partial charge in [0.05, 0.1) is 12.7 Å². The third-order valence-corrected chi connectivity index (χ3v) is 12.6. The Morgan fingerprint density at radius 1 is 0.642 bits per heavy atom. The summed E-state index contributed by atoms with van der Waals surface area (Å²) in [6.45, 7) is 16.9. The molecule has 0 fully saturated rings. The number of rotatable bonds is 7. The monoisotopic (exact) mass is 766 g/mol. The van der Waals surface area contributed by atoms with Crippen LogP contribution in [0.1, 0.15) is 40.3 Å². The van der Waals surface area contributed by atoms with Crippen LogP contribution in [0.3, 0.4) is 0 Å². The average Bonchev–Trinajstić information content (AvgIpc) is 3.07. The molecule has 1 aliphatic rings. The minimum Gasteiger partial charge on any atom is -0.679 e. The number of hydrogen-bond acceptors (Lipinski definition) is 2. The van der Waals surface area contributed by atoms with Gasteiger partial charge in [-0.2, -0.15) is 0 Å². The van der Waals surface area contributed by atoms with Gasteiger partial charge in [0.2, 0.25) is 12.3 Å². The largest absolute Gasteiger partial charge is 0.679 e. The number of allylic oxidation sites excluding steroid dienone is 2. The summed E-state index contributed by atoms with van der Waals surface area (Å²) in [5.41, 5.74) is 1.92. The molecule has 4 aromatic rings. The second-order valence-corrected chi connectivity index (χ2v) is 15.5. The number of ether oxygens (including phenoxy) is 1. The van der Waals surface area contributed by atoms with Crippen molar-refractivity contribution in [1.29, 1.82) is 0 Å². The highest BCUT2D eigenvalue weighted by Gasteiger charge is 2.50. The molecule has 2 nitrogen and oxygen atoms in total. The normalized spacial score (nSPS) is 15.4. The standard InChI is InChI=1S/C39H34BF10O2P/c1-16(2)23-14-40(25-27(41)31(45)35(49)32(46)28(25)42,26-29(43)33(47)36(50)34(48)30(26)44)52-39(51-9)24(23)15-53(37-19(5)10-17(3)11-20(37)6)38-21(7)12-18(4)13-22(38)8/h10-13,15,23H,1,14H2,2-9H3. The fourth-order valence-corrected chi connectivity index (χ4v) is 10.5. The topological polar surface area (TPSA) is 18.5 Å². The fraction of sp³-hybridized carbons (Fsp3) is 0.256. The lowest BCUT2D eigenvalue weighted by molar-refractivity contribution is 0.135. The second-order valence-electron chi connectivity index (χ2n) is 13.6. The predicted molar refractivity (Wildman–Crippen MR) is 189 cm³/mol. The molecule has 0 bridgehead atoms. The van der Waals surface area contributed by atoms with Gasteiger partial charge < -0.3 is 9.39 Å². The summed E-state index contributed by atoms with van der Waals surface area (Å²) in [6, 6.07) is 7.91. The maximum Gasteiger partial charge on any atom is 0.237 e. The molecule has 0 amide bonds. The lowest BCUT2D eigenvalue weighted by Crippen LogP contribution is -2.68. The van der Waals surface area contributed by atoms with Crippen LogP contribution in [0.4, 0.5) is 43.9 Å². The van der Waals surface area contributed by atoms with Crippen LogP contribution in [-0.2, 0) is 9.39 Å². The predicted octanol–water partition coefficient (Wildman–Crippen LogP) is 9.00. The summed E-state index contributed by atoms with van der Waals surface area (Å²) in [7, 11) is -0.563. The van der Waals surface area contributed by atoms with E-state index in [9.17, 15) is 26.3 Å². The molecule has 0 saturated heterocycles. The highest BCUT2D eigenvalue weighted by Crippen LogP contribution is 2.43. The zero-order valence-electron chi connectivity index (χ0n) is 30.0. The molecule has 53 heavy (non-hydrogen) atoms. The Morgan fingerprint density at radius 2 is 0.962 bits per heavy atom. The van der Waals surface area contributed by atoms with Crippen LogP contribution in [0, 0.1) is 106 Å². The number of aryl methyl sites for hydroxylation is 6. The van der Waals surface area contributed by atoms with Gasteiger partial charge in [-0.3, -0.25) is 0 Å². The van der Waals surface area contributed by atoms with Crippen LogP contribution >= 0.6 is 7.55 Å². The molecular formula is C39H34BF10O2P. The maximum atomic E-state index is 15.8. The molecule has 280 valence electrons. The quantitative estimate of drug-likeness (QED) is 0.0467. The lowest BCUT2D eigenvalue weighted by Gasteiger charge is -2.49. The highest BCUT2D eigenvalue weighted by molar-refractivity contribution is 7.72. The van der Waals surface area contributed by atoms with Gasteiger partial charge in [0, 0.05) is 0 Å². The number of benzene rings is 4. The van der Waals surface area contributed by atoms with E-state index in [1.807, 2.05) is 65.8 Å². The average molecular weight is 766 g/mol. The Kier molecular flexibility index (Phi) is 10.8. The lowest BCUT2D eigenvalue weighted by atomic mass is 9.27. The first kappa shape index (κ1) is 39.7. The van der Waals surface area contributed by atoms with Crippen molar-refractivity contribution in [2.45, 2.75) is 54.8 Å². The summed E-state index contributed by atoms with van der Waals surface area (Å²) >= 11 is 0. The van der Waals surface area contributed by atoms with Gasteiger partial charge in [0.15, 0.2) is 53.1 Å².